The molecule has 0 fully saturated rings. The molecular weight excluding hydrogens is 188 g/mol. The van der Waals surface area contributed by atoms with Gasteiger partial charge in [0.15, 0.2) is 0 Å². The fourth-order valence-electron chi connectivity index (χ4n) is 1.02. The average Bonchev–Trinajstić information content (AvgIpc) is 2.04. The van der Waals surface area contributed by atoms with Crippen molar-refractivity contribution in [2.45, 2.75) is 12.8 Å². The van der Waals surface area contributed by atoms with Crippen molar-refractivity contribution in [3.05, 3.63) is 30.1 Å². The standard InChI is InChI=1S/C8H12N2O2S/c9-13(11,12)6-2-4-8-3-1-5-10-7-8/h1,3,5,7H,2,4,6H2,(H2,9,11,12). The van der Waals surface area contributed by atoms with Crippen molar-refractivity contribution in [1.82, 2.24) is 4.98 Å². The first-order valence-electron chi connectivity index (χ1n) is 3.97. The van der Waals surface area contributed by atoms with E-state index < -0.39 is 10.0 Å². The van der Waals surface area contributed by atoms with Crippen LogP contribution in [0.2, 0.25) is 0 Å². The first-order chi connectivity index (χ1) is 6.08. The summed E-state index contributed by atoms with van der Waals surface area (Å²) < 4.78 is 21.2. The molecule has 1 heterocycles. The molecule has 0 unspecified atom stereocenters. The SMILES string of the molecule is NS(=O)(=O)CCCc1cccnc1. The van der Waals surface area contributed by atoms with Gasteiger partial charge in [-0.1, -0.05) is 6.07 Å². The minimum absolute atomic E-state index is 0.0297. The topological polar surface area (TPSA) is 73.1 Å². The van der Waals surface area contributed by atoms with E-state index in [0.717, 1.165) is 5.56 Å². The van der Waals surface area contributed by atoms with Gasteiger partial charge in [-0.2, -0.15) is 0 Å². The van der Waals surface area contributed by atoms with Crippen LogP contribution in [0.15, 0.2) is 24.5 Å². The Morgan fingerprint density at radius 2 is 2.23 bits per heavy atom. The van der Waals surface area contributed by atoms with E-state index in [-0.39, 0.29) is 5.75 Å². The molecule has 1 rings (SSSR count). The number of aryl methyl sites for hydroxylation is 1. The Hall–Kier alpha value is -0.940. The molecule has 5 heteroatoms. The summed E-state index contributed by atoms with van der Waals surface area (Å²) in [6.07, 6.45) is 4.65. The largest absolute Gasteiger partial charge is 0.264 e. The fourth-order valence-corrected chi connectivity index (χ4v) is 1.57. The van der Waals surface area contributed by atoms with E-state index in [0.29, 0.717) is 12.8 Å². The number of rotatable bonds is 4. The zero-order chi connectivity index (χ0) is 9.73. The molecule has 1 aromatic heterocycles. The molecule has 72 valence electrons. The van der Waals surface area contributed by atoms with Crippen molar-refractivity contribution in [3.63, 3.8) is 0 Å². The molecule has 13 heavy (non-hydrogen) atoms. The lowest BCUT2D eigenvalue weighted by Crippen LogP contribution is -2.16. The zero-order valence-electron chi connectivity index (χ0n) is 7.18. The smallest absolute Gasteiger partial charge is 0.209 e. The third-order valence-electron chi connectivity index (χ3n) is 1.62. The molecule has 0 amide bonds. The van der Waals surface area contributed by atoms with E-state index in [1.807, 2.05) is 12.1 Å². The van der Waals surface area contributed by atoms with Gasteiger partial charge >= 0.3 is 0 Å². The van der Waals surface area contributed by atoms with Crippen molar-refractivity contribution in [3.8, 4) is 0 Å². The lowest BCUT2D eigenvalue weighted by atomic mass is 10.2. The Labute approximate surface area is 77.8 Å². The highest BCUT2D eigenvalue weighted by Crippen LogP contribution is 2.00. The van der Waals surface area contributed by atoms with Crippen LogP contribution >= 0.6 is 0 Å². The molecule has 0 bridgehead atoms. The Bertz CT molecular complexity index is 348. The number of hydrogen-bond acceptors (Lipinski definition) is 3. The number of hydrogen-bond donors (Lipinski definition) is 1. The van der Waals surface area contributed by atoms with Crippen LogP contribution in [0, 0.1) is 0 Å². The van der Waals surface area contributed by atoms with Gasteiger partial charge in [0.05, 0.1) is 5.75 Å². The predicted octanol–water partition coefficient (Wildman–Crippen LogP) is 0.303. The van der Waals surface area contributed by atoms with Gasteiger partial charge in [0.2, 0.25) is 10.0 Å². The van der Waals surface area contributed by atoms with Crippen molar-refractivity contribution >= 4 is 10.0 Å². The Morgan fingerprint density at radius 3 is 2.77 bits per heavy atom. The van der Waals surface area contributed by atoms with Crippen LogP contribution in [0.1, 0.15) is 12.0 Å². The second-order valence-electron chi connectivity index (χ2n) is 2.83. The second kappa shape index (κ2) is 4.34. The van der Waals surface area contributed by atoms with Crippen LogP contribution in [-0.2, 0) is 16.4 Å². The molecular formula is C8H12N2O2S. The summed E-state index contributed by atoms with van der Waals surface area (Å²) >= 11 is 0. The van der Waals surface area contributed by atoms with Crippen molar-refractivity contribution in [2.75, 3.05) is 5.75 Å². The molecule has 0 saturated heterocycles. The van der Waals surface area contributed by atoms with Crippen LogP contribution in [0.3, 0.4) is 0 Å². The maximum absolute atomic E-state index is 10.6. The van der Waals surface area contributed by atoms with Crippen LogP contribution in [0.4, 0.5) is 0 Å². The number of nitrogens with zero attached hydrogens (tertiary/aromatic N) is 1. The molecule has 2 N–H and O–H groups in total. The minimum Gasteiger partial charge on any atom is -0.264 e. The summed E-state index contributed by atoms with van der Waals surface area (Å²) in [5.41, 5.74) is 1.03. The first kappa shape index (κ1) is 10.1. The third kappa shape index (κ3) is 4.59. The minimum atomic E-state index is -3.31. The Balaban J connectivity index is 2.37. The van der Waals surface area contributed by atoms with Gasteiger partial charge in [-0.15, -0.1) is 0 Å². The Morgan fingerprint density at radius 1 is 1.46 bits per heavy atom. The van der Waals surface area contributed by atoms with Crippen molar-refractivity contribution in [1.29, 1.82) is 0 Å². The lowest BCUT2D eigenvalue weighted by molar-refractivity contribution is 0.595. The summed E-state index contributed by atoms with van der Waals surface area (Å²) in [6.45, 7) is 0. The monoisotopic (exact) mass is 200 g/mol. The average molecular weight is 200 g/mol. The summed E-state index contributed by atoms with van der Waals surface area (Å²) in [5, 5.41) is 4.86. The van der Waals surface area contributed by atoms with Crippen LogP contribution in [0.25, 0.3) is 0 Å². The summed E-state index contributed by atoms with van der Waals surface area (Å²) in [5.74, 6) is 0.0297. The van der Waals surface area contributed by atoms with E-state index in [9.17, 15) is 8.42 Å². The third-order valence-corrected chi connectivity index (χ3v) is 2.47. The van der Waals surface area contributed by atoms with Crippen LogP contribution < -0.4 is 5.14 Å². The highest BCUT2D eigenvalue weighted by atomic mass is 32.2. The van der Waals surface area contributed by atoms with Crippen molar-refractivity contribution in [2.24, 2.45) is 5.14 Å². The lowest BCUT2D eigenvalue weighted by Gasteiger charge is -1.98. The summed E-state index contributed by atoms with van der Waals surface area (Å²) in [4.78, 5) is 3.92. The van der Waals surface area contributed by atoms with Gasteiger partial charge in [-0.05, 0) is 24.5 Å². The molecule has 4 nitrogen and oxygen atoms in total. The van der Waals surface area contributed by atoms with Crippen LogP contribution in [-0.4, -0.2) is 19.2 Å². The van der Waals surface area contributed by atoms with Crippen molar-refractivity contribution < 1.29 is 8.42 Å². The molecule has 0 atom stereocenters. The van der Waals surface area contributed by atoms with Gasteiger partial charge in [-0.25, -0.2) is 13.6 Å². The molecule has 0 aliphatic heterocycles. The normalized spacial score (nSPS) is 11.5. The van der Waals surface area contributed by atoms with Gasteiger partial charge < -0.3 is 0 Å². The molecule has 0 aliphatic rings. The maximum atomic E-state index is 10.6. The number of sulfonamides is 1. The van der Waals surface area contributed by atoms with E-state index in [2.05, 4.69) is 4.98 Å². The number of primary sulfonamides is 1. The second-order valence-corrected chi connectivity index (χ2v) is 4.57. The number of aromatic nitrogens is 1. The van der Waals surface area contributed by atoms with Gasteiger partial charge in [0.1, 0.15) is 0 Å². The maximum Gasteiger partial charge on any atom is 0.209 e. The van der Waals surface area contributed by atoms with E-state index in [1.165, 1.54) is 0 Å². The number of nitrogens with two attached hydrogens (primary N) is 1. The summed E-state index contributed by atoms with van der Waals surface area (Å²) in [6, 6.07) is 3.74. The molecule has 0 aromatic carbocycles. The summed E-state index contributed by atoms with van der Waals surface area (Å²) in [7, 11) is -3.31. The first-order valence-corrected chi connectivity index (χ1v) is 5.69. The van der Waals surface area contributed by atoms with Gasteiger partial charge in [0.25, 0.3) is 0 Å². The highest BCUT2D eigenvalue weighted by molar-refractivity contribution is 7.89. The van der Waals surface area contributed by atoms with Gasteiger partial charge in [0, 0.05) is 12.4 Å². The molecule has 0 spiro atoms. The molecule has 1 aromatic rings. The van der Waals surface area contributed by atoms with Gasteiger partial charge in [-0.3, -0.25) is 4.98 Å². The molecule has 0 saturated carbocycles. The van der Waals surface area contributed by atoms with Crippen LogP contribution in [0.5, 0.6) is 0 Å². The number of pyridine rings is 1. The Kier molecular flexibility index (Phi) is 3.39. The highest BCUT2D eigenvalue weighted by Gasteiger charge is 2.01. The molecule has 0 radical (unpaired) electrons. The van der Waals surface area contributed by atoms with E-state index in [1.54, 1.807) is 12.4 Å². The molecule has 0 aliphatic carbocycles. The van der Waals surface area contributed by atoms with E-state index >= 15 is 0 Å². The quantitative estimate of drug-likeness (QED) is 0.759. The van der Waals surface area contributed by atoms with E-state index in [4.69, 9.17) is 5.14 Å². The zero-order valence-corrected chi connectivity index (χ0v) is 8.00. The predicted molar refractivity (Wildman–Crippen MR) is 50.5 cm³/mol. The fraction of sp³-hybridized carbons (Fsp3) is 0.375.